The molecular weight excluding hydrogens is 385 g/mol. The first-order chi connectivity index (χ1) is 8.94. The van der Waals surface area contributed by atoms with Gasteiger partial charge in [-0.05, 0) is 19.8 Å². The number of hydrogen-bond acceptors (Lipinski definition) is 3. The van der Waals surface area contributed by atoms with Crippen LogP contribution >= 0.6 is 35.7 Å². The number of nitrogens with zero attached hydrogens (tertiary/aromatic N) is 2. The highest BCUT2D eigenvalue weighted by Crippen LogP contribution is 2.29. The van der Waals surface area contributed by atoms with Crippen molar-refractivity contribution in [2.45, 2.75) is 32.4 Å². The van der Waals surface area contributed by atoms with Crippen molar-refractivity contribution in [1.29, 1.82) is 0 Å². The minimum absolute atomic E-state index is 0. The van der Waals surface area contributed by atoms with Crippen LogP contribution in [0.3, 0.4) is 0 Å². The number of thioether (sulfide) groups is 1. The van der Waals surface area contributed by atoms with E-state index in [1.165, 1.54) is 0 Å². The molecule has 0 spiro atoms. The van der Waals surface area contributed by atoms with Gasteiger partial charge >= 0.3 is 0 Å². The fourth-order valence-electron chi connectivity index (χ4n) is 2.08. The molecule has 0 saturated carbocycles. The van der Waals surface area contributed by atoms with Gasteiger partial charge in [0.2, 0.25) is 0 Å². The van der Waals surface area contributed by atoms with E-state index in [1.54, 1.807) is 0 Å². The van der Waals surface area contributed by atoms with E-state index in [2.05, 4.69) is 42.9 Å². The summed E-state index contributed by atoms with van der Waals surface area (Å²) in [7, 11) is 1.85. The number of rotatable bonds is 5. The summed E-state index contributed by atoms with van der Waals surface area (Å²) in [6.07, 6.45) is 0. The van der Waals surface area contributed by atoms with Crippen LogP contribution in [0, 0.1) is 5.92 Å². The Morgan fingerprint density at radius 1 is 1.45 bits per heavy atom. The van der Waals surface area contributed by atoms with Crippen molar-refractivity contribution in [3.63, 3.8) is 0 Å². The second-order valence-electron chi connectivity index (χ2n) is 5.97. The van der Waals surface area contributed by atoms with Crippen molar-refractivity contribution in [3.05, 3.63) is 0 Å². The van der Waals surface area contributed by atoms with Gasteiger partial charge in [-0.15, -0.1) is 24.0 Å². The predicted molar refractivity (Wildman–Crippen MR) is 101 cm³/mol. The van der Waals surface area contributed by atoms with Crippen molar-refractivity contribution < 1.29 is 4.74 Å². The van der Waals surface area contributed by atoms with Gasteiger partial charge in [0, 0.05) is 43.8 Å². The molecule has 6 heteroatoms. The summed E-state index contributed by atoms with van der Waals surface area (Å²) in [6, 6.07) is 0. The van der Waals surface area contributed by atoms with Crippen LogP contribution in [0.5, 0.6) is 0 Å². The van der Waals surface area contributed by atoms with Crippen LogP contribution < -0.4 is 5.32 Å². The number of nitrogens with one attached hydrogen (secondary N) is 1. The molecule has 0 unspecified atom stereocenters. The molecule has 20 heavy (non-hydrogen) atoms. The van der Waals surface area contributed by atoms with E-state index in [9.17, 15) is 0 Å². The lowest BCUT2D eigenvalue weighted by molar-refractivity contribution is 0.114. The maximum atomic E-state index is 5.58. The lowest BCUT2D eigenvalue weighted by Gasteiger charge is -2.39. The highest BCUT2D eigenvalue weighted by Gasteiger charge is 2.28. The first kappa shape index (κ1) is 20.3. The van der Waals surface area contributed by atoms with E-state index in [1.807, 2.05) is 18.8 Å². The lowest BCUT2D eigenvalue weighted by Crippen LogP contribution is -2.51. The molecule has 0 aromatic carbocycles. The van der Waals surface area contributed by atoms with E-state index < -0.39 is 0 Å². The maximum Gasteiger partial charge on any atom is 0.193 e. The summed E-state index contributed by atoms with van der Waals surface area (Å²) in [4.78, 5) is 6.72. The topological polar surface area (TPSA) is 36.9 Å². The fraction of sp³-hybridized carbons (Fsp3) is 0.929. The SMILES string of the molecule is CN=C(NCCOCC(C)C)N1CCSC(C)(C)C1.I. The number of halogens is 1. The van der Waals surface area contributed by atoms with Gasteiger partial charge in [-0.25, -0.2) is 0 Å². The zero-order valence-electron chi connectivity index (χ0n) is 13.4. The van der Waals surface area contributed by atoms with Crippen LogP contribution in [0.2, 0.25) is 0 Å². The van der Waals surface area contributed by atoms with E-state index in [-0.39, 0.29) is 24.0 Å². The molecule has 0 aliphatic carbocycles. The van der Waals surface area contributed by atoms with Crippen LogP contribution in [-0.4, -0.2) is 61.3 Å². The number of ether oxygens (including phenoxy) is 1. The summed E-state index contributed by atoms with van der Waals surface area (Å²) in [5.74, 6) is 2.76. The predicted octanol–water partition coefficient (Wildman–Crippen LogP) is 2.68. The first-order valence-electron chi connectivity index (χ1n) is 7.12. The van der Waals surface area contributed by atoms with Gasteiger partial charge in [-0.1, -0.05) is 13.8 Å². The minimum Gasteiger partial charge on any atom is -0.379 e. The molecular formula is C14H30IN3OS. The first-order valence-corrected chi connectivity index (χ1v) is 8.10. The zero-order chi connectivity index (χ0) is 14.3. The number of aliphatic imine (C=N–C) groups is 1. The van der Waals surface area contributed by atoms with Gasteiger partial charge in [0.25, 0.3) is 0 Å². The summed E-state index contributed by atoms with van der Waals surface area (Å²) in [6.45, 7) is 13.4. The van der Waals surface area contributed by atoms with Crippen LogP contribution in [0.15, 0.2) is 4.99 Å². The average Bonchev–Trinajstić information content (AvgIpc) is 2.32. The highest BCUT2D eigenvalue weighted by molar-refractivity contribution is 14.0. The second kappa shape index (κ2) is 10.1. The molecule has 1 fully saturated rings. The van der Waals surface area contributed by atoms with Gasteiger partial charge < -0.3 is 15.0 Å². The fourth-order valence-corrected chi connectivity index (χ4v) is 3.19. The van der Waals surface area contributed by atoms with E-state index >= 15 is 0 Å². The van der Waals surface area contributed by atoms with Crippen LogP contribution in [0.4, 0.5) is 0 Å². The molecule has 1 heterocycles. The maximum absolute atomic E-state index is 5.58. The van der Waals surface area contributed by atoms with Crippen molar-refractivity contribution in [2.24, 2.45) is 10.9 Å². The largest absolute Gasteiger partial charge is 0.379 e. The third-order valence-electron chi connectivity index (χ3n) is 2.92. The normalized spacial score (nSPS) is 18.9. The molecule has 4 nitrogen and oxygen atoms in total. The Bertz CT molecular complexity index is 298. The molecule has 0 aromatic rings. The Hall–Kier alpha value is 0.310. The molecule has 1 saturated heterocycles. The summed E-state index contributed by atoms with van der Waals surface area (Å²) < 4.78 is 5.89. The Balaban J connectivity index is 0.00000361. The second-order valence-corrected chi connectivity index (χ2v) is 7.77. The Morgan fingerprint density at radius 2 is 2.15 bits per heavy atom. The van der Waals surface area contributed by atoms with E-state index in [0.29, 0.717) is 10.7 Å². The Morgan fingerprint density at radius 3 is 2.70 bits per heavy atom. The molecule has 0 aromatic heterocycles. The number of hydrogen-bond donors (Lipinski definition) is 1. The van der Waals surface area contributed by atoms with Crippen LogP contribution in [0.1, 0.15) is 27.7 Å². The van der Waals surface area contributed by atoms with Crippen molar-refractivity contribution >= 4 is 41.7 Å². The lowest BCUT2D eigenvalue weighted by atomic mass is 10.2. The molecule has 0 radical (unpaired) electrons. The van der Waals surface area contributed by atoms with Crippen molar-refractivity contribution in [3.8, 4) is 0 Å². The van der Waals surface area contributed by atoms with Gasteiger partial charge in [0.1, 0.15) is 0 Å². The molecule has 1 N–H and O–H groups in total. The molecule has 120 valence electrons. The van der Waals surface area contributed by atoms with Crippen LogP contribution in [-0.2, 0) is 4.74 Å². The van der Waals surface area contributed by atoms with Gasteiger partial charge in [0.05, 0.1) is 6.61 Å². The van der Waals surface area contributed by atoms with Crippen molar-refractivity contribution in [1.82, 2.24) is 10.2 Å². The van der Waals surface area contributed by atoms with E-state index in [4.69, 9.17) is 4.74 Å². The zero-order valence-corrected chi connectivity index (χ0v) is 16.6. The molecule has 1 aliphatic rings. The molecule has 1 rings (SSSR count). The highest BCUT2D eigenvalue weighted by atomic mass is 127. The third kappa shape index (κ3) is 7.93. The van der Waals surface area contributed by atoms with Crippen LogP contribution in [0.25, 0.3) is 0 Å². The minimum atomic E-state index is 0. The molecule has 1 aliphatic heterocycles. The summed E-state index contributed by atoms with van der Waals surface area (Å²) >= 11 is 2.04. The Kier molecular flexibility index (Phi) is 10.3. The molecule has 0 atom stereocenters. The van der Waals surface area contributed by atoms with Gasteiger partial charge in [0.15, 0.2) is 5.96 Å². The Labute approximate surface area is 145 Å². The van der Waals surface area contributed by atoms with Gasteiger partial charge in [-0.2, -0.15) is 11.8 Å². The molecule has 0 amide bonds. The smallest absolute Gasteiger partial charge is 0.193 e. The standard InChI is InChI=1S/C14H29N3OS.HI/c1-12(2)10-18-8-6-16-13(15-5)17-7-9-19-14(3,4)11-17;/h12H,6-11H2,1-5H3,(H,15,16);1H. The quantitative estimate of drug-likeness (QED) is 0.324. The summed E-state index contributed by atoms with van der Waals surface area (Å²) in [5.41, 5.74) is 0. The van der Waals surface area contributed by atoms with E-state index in [0.717, 1.165) is 44.6 Å². The number of guanidine groups is 1. The monoisotopic (exact) mass is 415 g/mol. The van der Waals surface area contributed by atoms with Gasteiger partial charge in [-0.3, -0.25) is 4.99 Å². The third-order valence-corrected chi connectivity index (χ3v) is 4.21. The summed E-state index contributed by atoms with van der Waals surface area (Å²) in [5, 5.41) is 3.39. The molecule has 0 bridgehead atoms. The average molecular weight is 415 g/mol. The van der Waals surface area contributed by atoms with Crippen molar-refractivity contribution in [2.75, 3.05) is 45.6 Å².